The van der Waals surface area contributed by atoms with Crippen LogP contribution in [0.3, 0.4) is 0 Å². The van der Waals surface area contributed by atoms with Gasteiger partial charge >= 0.3 is 6.03 Å². The number of rotatable bonds is 2. The van der Waals surface area contributed by atoms with Crippen molar-refractivity contribution in [3.63, 3.8) is 0 Å². The molecule has 33 heavy (non-hydrogen) atoms. The standard InChI is InChI=1S/C26H24FN5O/c1-15-10-16(2)12-19(11-15)30-25(33)32-23(17-4-3-5-18(27)13-17)21-20(14-26(32)6-7-26)22-24(31-21)29-9-8-28-22/h3-5,8-13,23H,6-7,14H2,1-2H3,(H,29,31)(H,30,33). The van der Waals surface area contributed by atoms with Gasteiger partial charge in [-0.3, -0.25) is 4.98 Å². The number of carbonyl (C=O) groups is 1. The smallest absolute Gasteiger partial charge is 0.323 e. The van der Waals surface area contributed by atoms with Crippen molar-refractivity contribution in [1.29, 1.82) is 0 Å². The minimum atomic E-state index is -0.464. The SMILES string of the molecule is Cc1cc(C)cc(NC(=O)N2C(c3cccc(F)c3)c3[nH]c4nccnc4c3CC23CC3)c1. The Morgan fingerprint density at radius 3 is 2.61 bits per heavy atom. The first-order valence-corrected chi connectivity index (χ1v) is 11.2. The van der Waals surface area contributed by atoms with Gasteiger partial charge in [0.2, 0.25) is 0 Å². The van der Waals surface area contributed by atoms with Gasteiger partial charge in [0.15, 0.2) is 5.65 Å². The summed E-state index contributed by atoms with van der Waals surface area (Å²) < 4.78 is 14.3. The molecule has 0 radical (unpaired) electrons. The third-order valence-electron chi connectivity index (χ3n) is 6.79. The number of halogens is 1. The van der Waals surface area contributed by atoms with Crippen LogP contribution in [-0.2, 0) is 6.42 Å². The van der Waals surface area contributed by atoms with E-state index >= 15 is 0 Å². The molecule has 1 atom stereocenters. The molecule has 2 N–H and O–H groups in total. The summed E-state index contributed by atoms with van der Waals surface area (Å²) >= 11 is 0. The molecule has 3 heterocycles. The highest BCUT2D eigenvalue weighted by molar-refractivity contribution is 5.92. The maximum Gasteiger partial charge on any atom is 0.323 e. The van der Waals surface area contributed by atoms with Crippen molar-refractivity contribution in [3.05, 3.63) is 88.6 Å². The summed E-state index contributed by atoms with van der Waals surface area (Å²) in [6, 6.07) is 11.9. The van der Waals surface area contributed by atoms with Gasteiger partial charge in [-0.15, -0.1) is 0 Å². The van der Waals surface area contributed by atoms with E-state index in [1.165, 1.54) is 12.1 Å². The summed E-state index contributed by atoms with van der Waals surface area (Å²) in [7, 11) is 0. The number of aromatic nitrogens is 3. The first-order chi connectivity index (χ1) is 15.9. The molecule has 2 aromatic heterocycles. The predicted molar refractivity (Wildman–Crippen MR) is 125 cm³/mol. The largest absolute Gasteiger partial charge is 0.339 e. The van der Waals surface area contributed by atoms with Gasteiger partial charge in [-0.05, 0) is 74.1 Å². The number of urea groups is 1. The summed E-state index contributed by atoms with van der Waals surface area (Å²) in [5.41, 5.74) is 6.78. The van der Waals surface area contributed by atoms with Crippen molar-refractivity contribution in [1.82, 2.24) is 19.9 Å². The van der Waals surface area contributed by atoms with E-state index in [1.807, 2.05) is 36.9 Å². The quantitative estimate of drug-likeness (QED) is 0.436. The van der Waals surface area contributed by atoms with Crippen molar-refractivity contribution in [2.75, 3.05) is 5.32 Å². The van der Waals surface area contributed by atoms with Crippen LogP contribution in [0.5, 0.6) is 0 Å². The molecule has 1 spiro atoms. The molecule has 1 unspecified atom stereocenters. The second-order valence-corrected chi connectivity index (χ2v) is 9.31. The van der Waals surface area contributed by atoms with E-state index in [0.29, 0.717) is 12.1 Å². The first kappa shape index (κ1) is 19.9. The number of amides is 2. The molecule has 2 aromatic carbocycles. The fourth-order valence-corrected chi connectivity index (χ4v) is 5.33. The monoisotopic (exact) mass is 441 g/mol. The van der Waals surface area contributed by atoms with Crippen LogP contribution in [0.1, 0.15) is 46.8 Å². The normalized spacial score (nSPS) is 18.4. The Morgan fingerprint density at radius 1 is 1.12 bits per heavy atom. The van der Waals surface area contributed by atoms with Crippen LogP contribution in [-0.4, -0.2) is 31.4 Å². The van der Waals surface area contributed by atoms with Gasteiger partial charge in [0.25, 0.3) is 0 Å². The Morgan fingerprint density at radius 2 is 1.88 bits per heavy atom. The topological polar surface area (TPSA) is 73.9 Å². The van der Waals surface area contributed by atoms with Crippen LogP contribution in [0.25, 0.3) is 11.2 Å². The van der Waals surface area contributed by atoms with Crippen LogP contribution in [0.4, 0.5) is 14.9 Å². The highest BCUT2D eigenvalue weighted by Gasteiger charge is 2.57. The highest BCUT2D eigenvalue weighted by atomic mass is 19.1. The van der Waals surface area contributed by atoms with E-state index in [-0.39, 0.29) is 17.4 Å². The van der Waals surface area contributed by atoms with Crippen LogP contribution < -0.4 is 5.32 Å². The average Bonchev–Trinajstić information content (AvgIpc) is 3.43. The van der Waals surface area contributed by atoms with Crippen molar-refractivity contribution in [2.24, 2.45) is 0 Å². The number of hydrogen-bond acceptors (Lipinski definition) is 3. The molecule has 6 rings (SSSR count). The molecular formula is C26H24FN5O. The van der Waals surface area contributed by atoms with Gasteiger partial charge in [0.1, 0.15) is 11.3 Å². The Bertz CT molecular complexity index is 1390. The second-order valence-electron chi connectivity index (χ2n) is 9.31. The third-order valence-corrected chi connectivity index (χ3v) is 6.79. The predicted octanol–water partition coefficient (Wildman–Crippen LogP) is 5.43. The molecule has 6 nitrogen and oxygen atoms in total. The number of nitrogens with zero attached hydrogens (tertiary/aromatic N) is 3. The molecule has 0 saturated heterocycles. The van der Waals surface area contributed by atoms with Crippen LogP contribution in [0.15, 0.2) is 54.9 Å². The molecule has 1 aliphatic heterocycles. The van der Waals surface area contributed by atoms with Gasteiger partial charge in [-0.25, -0.2) is 14.2 Å². The Balaban J connectivity index is 1.50. The minimum Gasteiger partial charge on any atom is -0.339 e. The molecule has 4 aromatic rings. The minimum absolute atomic E-state index is 0.183. The molecule has 1 fully saturated rings. The lowest BCUT2D eigenvalue weighted by molar-refractivity contribution is 0.146. The zero-order valence-electron chi connectivity index (χ0n) is 18.5. The van der Waals surface area contributed by atoms with Crippen molar-refractivity contribution >= 4 is 22.9 Å². The first-order valence-electron chi connectivity index (χ1n) is 11.2. The fraction of sp³-hybridized carbons (Fsp3) is 0.269. The number of H-pyrrole nitrogens is 1. The van der Waals surface area contributed by atoms with E-state index in [0.717, 1.165) is 52.0 Å². The van der Waals surface area contributed by atoms with E-state index < -0.39 is 6.04 Å². The third kappa shape index (κ3) is 3.26. The molecule has 1 aliphatic carbocycles. The highest BCUT2D eigenvalue weighted by Crippen LogP contribution is 2.55. The number of aromatic amines is 1. The summed E-state index contributed by atoms with van der Waals surface area (Å²) in [6.07, 6.45) is 5.83. The van der Waals surface area contributed by atoms with E-state index in [9.17, 15) is 9.18 Å². The van der Waals surface area contributed by atoms with Crippen LogP contribution in [0.2, 0.25) is 0 Å². The Kier molecular flexibility index (Phi) is 4.30. The van der Waals surface area contributed by atoms with Gasteiger partial charge in [0, 0.05) is 29.3 Å². The average molecular weight is 442 g/mol. The summed E-state index contributed by atoms with van der Waals surface area (Å²) in [5.74, 6) is -0.327. The van der Waals surface area contributed by atoms with Gasteiger partial charge < -0.3 is 15.2 Å². The van der Waals surface area contributed by atoms with Gasteiger partial charge in [-0.1, -0.05) is 18.2 Å². The van der Waals surface area contributed by atoms with E-state index in [2.05, 4.69) is 26.3 Å². The lowest BCUT2D eigenvalue weighted by atomic mass is 9.87. The second kappa shape index (κ2) is 7.13. The number of fused-ring (bicyclic) bond motifs is 3. The van der Waals surface area contributed by atoms with E-state index in [1.54, 1.807) is 18.5 Å². The molecule has 2 amide bonds. The molecule has 166 valence electrons. The number of nitrogens with one attached hydrogen (secondary N) is 2. The maximum absolute atomic E-state index is 14.3. The van der Waals surface area contributed by atoms with Gasteiger partial charge in [-0.2, -0.15) is 0 Å². The summed E-state index contributed by atoms with van der Waals surface area (Å²) in [6.45, 7) is 4.02. The molecule has 0 bridgehead atoms. The van der Waals surface area contributed by atoms with Crippen molar-refractivity contribution in [2.45, 2.75) is 44.7 Å². The number of carbonyl (C=O) groups excluding carboxylic acids is 1. The maximum atomic E-state index is 14.3. The molecule has 1 saturated carbocycles. The zero-order valence-corrected chi connectivity index (χ0v) is 18.5. The fourth-order valence-electron chi connectivity index (χ4n) is 5.33. The Labute approximate surface area is 190 Å². The van der Waals surface area contributed by atoms with Crippen LogP contribution in [0, 0.1) is 19.7 Å². The summed E-state index contributed by atoms with van der Waals surface area (Å²) in [4.78, 5) is 28.1. The number of hydrogen-bond donors (Lipinski definition) is 2. The summed E-state index contributed by atoms with van der Waals surface area (Å²) in [5, 5.41) is 3.12. The lowest BCUT2D eigenvalue weighted by Crippen LogP contribution is -2.51. The Hall–Kier alpha value is -3.74. The van der Waals surface area contributed by atoms with Crippen molar-refractivity contribution in [3.8, 4) is 0 Å². The van der Waals surface area contributed by atoms with Crippen LogP contribution >= 0.6 is 0 Å². The number of benzene rings is 2. The molecular weight excluding hydrogens is 417 g/mol. The molecule has 2 aliphatic rings. The molecule has 7 heteroatoms. The van der Waals surface area contributed by atoms with Crippen molar-refractivity contribution < 1.29 is 9.18 Å². The zero-order chi connectivity index (χ0) is 22.7. The number of aryl methyl sites for hydroxylation is 2. The van der Waals surface area contributed by atoms with Gasteiger partial charge in [0.05, 0.1) is 11.6 Å². The van der Waals surface area contributed by atoms with E-state index in [4.69, 9.17) is 0 Å². The number of anilines is 1. The lowest BCUT2D eigenvalue weighted by Gasteiger charge is -2.43.